The summed E-state index contributed by atoms with van der Waals surface area (Å²) >= 11 is 5.84. The Bertz CT molecular complexity index is 1280. The number of nitriles is 1. The lowest BCUT2D eigenvalue weighted by atomic mass is 10.1. The minimum atomic E-state index is -0.547. The van der Waals surface area contributed by atoms with Crippen LogP contribution in [0, 0.1) is 11.3 Å². The fraction of sp³-hybridized carbons (Fsp3) is 0.0800. The molecule has 1 N–H and O–H groups in total. The maximum absolute atomic E-state index is 12.5. The standard InChI is InChI=1S/C25H17ClN2O5/c26-20-7-5-18(6-8-20)25(30)33-21-3-1-2-16(11-21)10-19(13-27)24(29)28-14-17-4-9-22-23(12-17)32-15-31-22/h1-12H,14-15H2,(H,28,29). The lowest BCUT2D eigenvalue weighted by molar-refractivity contribution is -0.117. The van der Waals surface area contributed by atoms with Gasteiger partial charge in [0, 0.05) is 11.6 Å². The molecule has 0 saturated heterocycles. The predicted octanol–water partition coefficient (Wildman–Crippen LogP) is 4.51. The van der Waals surface area contributed by atoms with Crippen molar-refractivity contribution in [3.05, 3.63) is 94.0 Å². The third-order valence-electron chi connectivity index (χ3n) is 4.71. The summed E-state index contributed by atoms with van der Waals surface area (Å²) in [4.78, 5) is 24.8. The van der Waals surface area contributed by atoms with Crippen molar-refractivity contribution in [3.8, 4) is 23.3 Å². The zero-order valence-corrected chi connectivity index (χ0v) is 18.0. The van der Waals surface area contributed by atoms with Crippen LogP contribution in [0.3, 0.4) is 0 Å². The number of fused-ring (bicyclic) bond motifs is 1. The molecule has 3 aromatic rings. The fourth-order valence-corrected chi connectivity index (χ4v) is 3.19. The van der Waals surface area contributed by atoms with Crippen LogP contribution >= 0.6 is 11.6 Å². The molecular weight excluding hydrogens is 444 g/mol. The molecule has 33 heavy (non-hydrogen) atoms. The van der Waals surface area contributed by atoms with Crippen molar-refractivity contribution in [2.45, 2.75) is 6.54 Å². The summed E-state index contributed by atoms with van der Waals surface area (Å²) in [5, 5.41) is 12.7. The molecule has 0 bridgehead atoms. The van der Waals surface area contributed by atoms with E-state index in [0.717, 1.165) is 5.56 Å². The van der Waals surface area contributed by atoms with Crippen molar-refractivity contribution in [3.63, 3.8) is 0 Å². The van der Waals surface area contributed by atoms with E-state index in [2.05, 4.69) is 5.32 Å². The monoisotopic (exact) mass is 460 g/mol. The van der Waals surface area contributed by atoms with Gasteiger partial charge in [0.05, 0.1) is 5.56 Å². The van der Waals surface area contributed by atoms with Gasteiger partial charge in [-0.25, -0.2) is 4.79 Å². The van der Waals surface area contributed by atoms with Crippen LogP contribution in [0.2, 0.25) is 5.02 Å². The smallest absolute Gasteiger partial charge is 0.343 e. The quantitative estimate of drug-likeness (QED) is 0.251. The normalized spacial score (nSPS) is 12.1. The Morgan fingerprint density at radius 2 is 1.85 bits per heavy atom. The number of esters is 1. The first-order valence-corrected chi connectivity index (χ1v) is 10.3. The molecule has 164 valence electrons. The second kappa shape index (κ2) is 9.90. The van der Waals surface area contributed by atoms with Gasteiger partial charge in [-0.1, -0.05) is 29.8 Å². The van der Waals surface area contributed by atoms with Crippen LogP contribution in [-0.2, 0) is 11.3 Å². The van der Waals surface area contributed by atoms with Crippen LogP contribution in [0.25, 0.3) is 6.08 Å². The van der Waals surface area contributed by atoms with E-state index >= 15 is 0 Å². The van der Waals surface area contributed by atoms with Gasteiger partial charge >= 0.3 is 5.97 Å². The first-order valence-electron chi connectivity index (χ1n) is 9.88. The van der Waals surface area contributed by atoms with Gasteiger partial charge in [-0.05, 0) is 65.7 Å². The minimum absolute atomic E-state index is 0.0862. The van der Waals surface area contributed by atoms with E-state index in [-0.39, 0.29) is 24.7 Å². The Morgan fingerprint density at radius 1 is 1.06 bits per heavy atom. The molecule has 0 saturated carbocycles. The van der Waals surface area contributed by atoms with Crippen LogP contribution in [-0.4, -0.2) is 18.7 Å². The number of halogens is 1. The summed E-state index contributed by atoms with van der Waals surface area (Å²) in [6.07, 6.45) is 1.43. The van der Waals surface area contributed by atoms with E-state index in [9.17, 15) is 14.9 Å². The number of nitrogens with one attached hydrogen (secondary N) is 1. The maximum atomic E-state index is 12.5. The van der Waals surface area contributed by atoms with Crippen LogP contribution in [0.15, 0.2) is 72.3 Å². The zero-order chi connectivity index (χ0) is 23.2. The molecule has 1 amide bonds. The van der Waals surface area contributed by atoms with Crippen molar-refractivity contribution < 1.29 is 23.8 Å². The van der Waals surface area contributed by atoms with Crippen LogP contribution in [0.5, 0.6) is 17.2 Å². The Kier molecular flexibility index (Phi) is 6.58. The maximum Gasteiger partial charge on any atom is 0.343 e. The fourth-order valence-electron chi connectivity index (χ4n) is 3.06. The predicted molar refractivity (Wildman–Crippen MR) is 121 cm³/mol. The molecule has 0 unspecified atom stereocenters. The third-order valence-corrected chi connectivity index (χ3v) is 4.97. The number of carbonyl (C=O) groups excluding carboxylic acids is 2. The molecule has 0 radical (unpaired) electrons. The van der Waals surface area contributed by atoms with Gasteiger partial charge in [0.25, 0.3) is 5.91 Å². The molecule has 0 aliphatic carbocycles. The lowest BCUT2D eigenvalue weighted by Gasteiger charge is -2.07. The molecule has 0 aromatic heterocycles. The number of hydrogen-bond donors (Lipinski definition) is 1. The number of rotatable bonds is 6. The second-order valence-corrected chi connectivity index (χ2v) is 7.45. The van der Waals surface area contributed by atoms with E-state index in [4.69, 9.17) is 25.8 Å². The summed E-state index contributed by atoms with van der Waals surface area (Å²) < 4.78 is 16.0. The van der Waals surface area contributed by atoms with Crippen LogP contribution < -0.4 is 19.5 Å². The number of carbonyl (C=O) groups is 2. The average molecular weight is 461 g/mol. The van der Waals surface area contributed by atoms with Crippen LogP contribution in [0.1, 0.15) is 21.5 Å². The average Bonchev–Trinajstić information content (AvgIpc) is 3.29. The number of ether oxygens (including phenoxy) is 3. The van der Waals surface area contributed by atoms with Crippen molar-refractivity contribution in [2.75, 3.05) is 6.79 Å². The zero-order valence-electron chi connectivity index (χ0n) is 17.2. The molecule has 1 heterocycles. The number of hydrogen-bond acceptors (Lipinski definition) is 6. The Morgan fingerprint density at radius 3 is 2.64 bits per heavy atom. The highest BCUT2D eigenvalue weighted by molar-refractivity contribution is 6.30. The van der Waals surface area contributed by atoms with E-state index in [0.29, 0.717) is 27.6 Å². The largest absolute Gasteiger partial charge is 0.454 e. The van der Waals surface area contributed by atoms with Gasteiger partial charge in [0.2, 0.25) is 6.79 Å². The van der Waals surface area contributed by atoms with Crippen molar-refractivity contribution in [1.29, 1.82) is 5.26 Å². The topological polar surface area (TPSA) is 97.7 Å². The Balaban J connectivity index is 1.42. The molecule has 1 aliphatic rings. The van der Waals surface area contributed by atoms with E-state index in [1.807, 2.05) is 12.1 Å². The molecule has 1 aliphatic heterocycles. The first-order chi connectivity index (χ1) is 16.0. The molecule has 0 atom stereocenters. The highest BCUT2D eigenvalue weighted by Crippen LogP contribution is 2.32. The number of benzene rings is 3. The molecule has 4 rings (SSSR count). The summed E-state index contributed by atoms with van der Waals surface area (Å²) in [6, 6.07) is 20.1. The SMILES string of the molecule is N#CC(=Cc1cccc(OC(=O)c2ccc(Cl)cc2)c1)C(=O)NCc1ccc2c(c1)OCO2. The third kappa shape index (κ3) is 5.50. The van der Waals surface area contributed by atoms with E-state index in [1.165, 1.54) is 6.08 Å². The summed E-state index contributed by atoms with van der Waals surface area (Å²) in [6.45, 7) is 0.383. The van der Waals surface area contributed by atoms with Crippen molar-refractivity contribution in [1.82, 2.24) is 5.32 Å². The molecule has 8 heteroatoms. The van der Waals surface area contributed by atoms with E-state index in [1.54, 1.807) is 60.7 Å². The van der Waals surface area contributed by atoms with Gasteiger partial charge in [-0.15, -0.1) is 0 Å². The minimum Gasteiger partial charge on any atom is -0.454 e. The van der Waals surface area contributed by atoms with Crippen molar-refractivity contribution in [2.24, 2.45) is 0 Å². The van der Waals surface area contributed by atoms with Crippen molar-refractivity contribution >= 4 is 29.6 Å². The summed E-state index contributed by atoms with van der Waals surface area (Å²) in [5.74, 6) is 0.470. The molecule has 7 nitrogen and oxygen atoms in total. The number of nitrogens with zero attached hydrogens (tertiary/aromatic N) is 1. The van der Waals surface area contributed by atoms with Gasteiger partial charge < -0.3 is 19.5 Å². The van der Waals surface area contributed by atoms with E-state index < -0.39 is 11.9 Å². The number of amides is 1. The summed E-state index contributed by atoms with van der Waals surface area (Å²) in [5.41, 5.74) is 1.60. The van der Waals surface area contributed by atoms with Gasteiger partial charge in [0.1, 0.15) is 17.4 Å². The Labute approximate surface area is 194 Å². The lowest BCUT2D eigenvalue weighted by Crippen LogP contribution is -2.23. The molecular formula is C25H17ClN2O5. The highest BCUT2D eigenvalue weighted by atomic mass is 35.5. The molecule has 0 spiro atoms. The molecule has 0 fully saturated rings. The van der Waals surface area contributed by atoms with Gasteiger partial charge in [-0.2, -0.15) is 5.26 Å². The van der Waals surface area contributed by atoms with Gasteiger partial charge in [0.15, 0.2) is 11.5 Å². The summed E-state index contributed by atoms with van der Waals surface area (Å²) in [7, 11) is 0. The molecule has 3 aromatic carbocycles. The first kappa shape index (κ1) is 21.9. The second-order valence-electron chi connectivity index (χ2n) is 7.01. The Hall–Kier alpha value is -4.28. The van der Waals surface area contributed by atoms with Gasteiger partial charge in [-0.3, -0.25) is 4.79 Å². The van der Waals surface area contributed by atoms with Crippen LogP contribution in [0.4, 0.5) is 0 Å². The highest BCUT2D eigenvalue weighted by Gasteiger charge is 2.15.